The lowest BCUT2D eigenvalue weighted by molar-refractivity contribution is 0.103. The zero-order valence-electron chi connectivity index (χ0n) is 9.38. The van der Waals surface area contributed by atoms with E-state index in [0.717, 1.165) is 0 Å². The zero-order valence-corrected chi connectivity index (χ0v) is 11.0. The van der Waals surface area contributed by atoms with Gasteiger partial charge in [-0.2, -0.15) is 0 Å². The van der Waals surface area contributed by atoms with Crippen molar-refractivity contribution in [2.45, 2.75) is 13.8 Å². The van der Waals surface area contributed by atoms with Crippen LogP contribution in [0.1, 0.15) is 27.4 Å². The fraction of sp³-hybridized carbons (Fsp3) is 0.154. The number of hydrogen-bond donors (Lipinski definition) is 0. The van der Waals surface area contributed by atoms with E-state index in [1.807, 2.05) is 0 Å². The number of ketones is 1. The molecule has 0 aliphatic heterocycles. The van der Waals surface area contributed by atoms with E-state index in [1.165, 1.54) is 12.1 Å². The van der Waals surface area contributed by atoms with Gasteiger partial charge >= 0.3 is 0 Å². The molecule has 2 nitrogen and oxygen atoms in total. The van der Waals surface area contributed by atoms with Gasteiger partial charge in [-0.05, 0) is 38.1 Å². The summed E-state index contributed by atoms with van der Waals surface area (Å²) in [5.41, 5.74) is 0.459. The molecule has 4 heteroatoms. The topological polar surface area (TPSA) is 30.2 Å². The Morgan fingerprint density at radius 3 is 2.47 bits per heavy atom. The number of hydrogen-bond acceptors (Lipinski definition) is 2. The number of carbonyl (C=O) groups excluding carboxylic acids is 1. The van der Waals surface area contributed by atoms with Gasteiger partial charge in [-0.1, -0.05) is 15.9 Å². The van der Waals surface area contributed by atoms with Crippen LogP contribution in [0.4, 0.5) is 4.39 Å². The Hall–Kier alpha value is -1.42. The van der Waals surface area contributed by atoms with Crippen molar-refractivity contribution in [1.29, 1.82) is 0 Å². The molecule has 0 unspecified atom stereocenters. The summed E-state index contributed by atoms with van der Waals surface area (Å²) >= 11 is 3.15. The van der Waals surface area contributed by atoms with Gasteiger partial charge in [0.2, 0.25) is 0 Å². The second kappa shape index (κ2) is 4.45. The van der Waals surface area contributed by atoms with Crippen LogP contribution in [-0.4, -0.2) is 5.78 Å². The van der Waals surface area contributed by atoms with E-state index in [4.69, 9.17) is 4.42 Å². The Morgan fingerprint density at radius 2 is 1.94 bits per heavy atom. The predicted molar refractivity (Wildman–Crippen MR) is 65.7 cm³/mol. The first-order valence-electron chi connectivity index (χ1n) is 5.06. The summed E-state index contributed by atoms with van der Waals surface area (Å²) in [4.78, 5) is 12.1. The van der Waals surface area contributed by atoms with Gasteiger partial charge in [-0.3, -0.25) is 4.79 Å². The molecule has 0 radical (unpaired) electrons. The molecule has 0 saturated heterocycles. The number of aryl methyl sites for hydroxylation is 2. The highest BCUT2D eigenvalue weighted by atomic mass is 79.9. The molecule has 0 bridgehead atoms. The van der Waals surface area contributed by atoms with Gasteiger partial charge in [0.25, 0.3) is 0 Å². The van der Waals surface area contributed by atoms with Crippen molar-refractivity contribution in [3.05, 3.63) is 57.2 Å². The van der Waals surface area contributed by atoms with Crippen molar-refractivity contribution < 1.29 is 13.6 Å². The van der Waals surface area contributed by atoms with Crippen molar-refractivity contribution in [2.75, 3.05) is 0 Å². The summed E-state index contributed by atoms with van der Waals surface area (Å²) in [6.07, 6.45) is 0. The quantitative estimate of drug-likeness (QED) is 0.783. The maximum Gasteiger partial charge on any atom is 0.199 e. The molecular formula is C13H10BrFO2. The van der Waals surface area contributed by atoms with Crippen LogP contribution in [0, 0.1) is 19.7 Å². The van der Waals surface area contributed by atoms with Gasteiger partial charge in [-0.15, -0.1) is 0 Å². The number of benzene rings is 1. The summed E-state index contributed by atoms with van der Waals surface area (Å²) in [7, 11) is 0. The second-order valence-electron chi connectivity index (χ2n) is 3.78. The molecule has 0 aliphatic carbocycles. The molecule has 0 spiro atoms. The molecule has 17 heavy (non-hydrogen) atoms. The third kappa shape index (κ3) is 2.31. The maximum atomic E-state index is 13.6. The Bertz CT molecular complexity index is 587. The normalized spacial score (nSPS) is 10.6. The average molecular weight is 297 g/mol. The minimum absolute atomic E-state index is 0.0529. The summed E-state index contributed by atoms with van der Waals surface area (Å²) in [5, 5.41) is 0. The molecule has 0 atom stereocenters. The van der Waals surface area contributed by atoms with Crippen LogP contribution >= 0.6 is 15.9 Å². The fourth-order valence-electron chi connectivity index (χ4n) is 1.67. The first-order valence-corrected chi connectivity index (χ1v) is 5.85. The fourth-order valence-corrected chi connectivity index (χ4v) is 2.01. The lowest BCUT2D eigenvalue weighted by atomic mass is 10.0. The van der Waals surface area contributed by atoms with E-state index in [0.29, 0.717) is 21.6 Å². The van der Waals surface area contributed by atoms with Crippen molar-refractivity contribution in [2.24, 2.45) is 0 Å². The number of furan rings is 1. The van der Waals surface area contributed by atoms with Crippen molar-refractivity contribution in [3.8, 4) is 0 Å². The van der Waals surface area contributed by atoms with Crippen molar-refractivity contribution >= 4 is 21.7 Å². The van der Waals surface area contributed by atoms with Crippen LogP contribution in [0.5, 0.6) is 0 Å². The van der Waals surface area contributed by atoms with Gasteiger partial charge in [0.15, 0.2) is 5.78 Å². The van der Waals surface area contributed by atoms with Crippen LogP contribution in [-0.2, 0) is 0 Å². The maximum absolute atomic E-state index is 13.6. The van der Waals surface area contributed by atoms with Crippen molar-refractivity contribution in [1.82, 2.24) is 0 Å². The summed E-state index contributed by atoms with van der Waals surface area (Å²) in [6, 6.07) is 6.00. The van der Waals surface area contributed by atoms with E-state index in [-0.39, 0.29) is 11.3 Å². The molecule has 0 N–H and O–H groups in total. The predicted octanol–water partition coefficient (Wildman–Crippen LogP) is 4.03. The molecule has 1 aromatic carbocycles. The number of carbonyl (C=O) groups is 1. The minimum atomic E-state index is -0.539. The van der Waals surface area contributed by atoms with Crippen LogP contribution in [0.2, 0.25) is 0 Å². The molecule has 1 aromatic heterocycles. The Morgan fingerprint density at radius 1 is 1.24 bits per heavy atom. The van der Waals surface area contributed by atoms with Gasteiger partial charge in [-0.25, -0.2) is 4.39 Å². The smallest absolute Gasteiger partial charge is 0.199 e. The van der Waals surface area contributed by atoms with Crippen molar-refractivity contribution in [3.63, 3.8) is 0 Å². The van der Waals surface area contributed by atoms with E-state index < -0.39 is 5.82 Å². The zero-order chi connectivity index (χ0) is 12.6. The minimum Gasteiger partial charge on any atom is -0.466 e. The van der Waals surface area contributed by atoms with Crippen LogP contribution in [0.3, 0.4) is 0 Å². The number of halogens is 2. The number of rotatable bonds is 2. The van der Waals surface area contributed by atoms with E-state index >= 15 is 0 Å². The molecule has 1 heterocycles. The highest BCUT2D eigenvalue weighted by Crippen LogP contribution is 2.21. The highest BCUT2D eigenvalue weighted by molar-refractivity contribution is 9.10. The second-order valence-corrected chi connectivity index (χ2v) is 4.70. The highest BCUT2D eigenvalue weighted by Gasteiger charge is 2.18. The summed E-state index contributed by atoms with van der Waals surface area (Å²) in [6.45, 7) is 3.44. The Kier molecular flexibility index (Phi) is 3.15. The molecule has 0 amide bonds. The summed E-state index contributed by atoms with van der Waals surface area (Å²) in [5.74, 6) is 0.255. The monoisotopic (exact) mass is 296 g/mol. The summed E-state index contributed by atoms with van der Waals surface area (Å²) < 4.78 is 19.5. The van der Waals surface area contributed by atoms with E-state index in [2.05, 4.69) is 15.9 Å². The lowest BCUT2D eigenvalue weighted by Gasteiger charge is -2.01. The van der Waals surface area contributed by atoms with E-state index in [9.17, 15) is 9.18 Å². The van der Waals surface area contributed by atoms with Crippen LogP contribution in [0.25, 0.3) is 0 Å². The van der Waals surface area contributed by atoms with Gasteiger partial charge in [0.1, 0.15) is 17.3 Å². The average Bonchev–Trinajstić information content (AvgIpc) is 2.57. The molecule has 2 rings (SSSR count). The molecule has 0 fully saturated rings. The van der Waals surface area contributed by atoms with Crippen LogP contribution in [0.15, 0.2) is 33.2 Å². The van der Waals surface area contributed by atoms with Crippen LogP contribution < -0.4 is 0 Å². The first kappa shape index (κ1) is 12.0. The molecule has 0 saturated carbocycles. The third-order valence-corrected chi connectivity index (χ3v) is 2.95. The van der Waals surface area contributed by atoms with E-state index in [1.54, 1.807) is 26.0 Å². The SMILES string of the molecule is Cc1cc(C(=O)c2ccc(Br)cc2F)c(C)o1. The van der Waals surface area contributed by atoms with Gasteiger partial charge in [0, 0.05) is 4.47 Å². The molecule has 0 aliphatic rings. The van der Waals surface area contributed by atoms with Gasteiger partial charge < -0.3 is 4.42 Å². The Balaban J connectivity index is 2.47. The molecule has 88 valence electrons. The molecular weight excluding hydrogens is 287 g/mol. The Labute approximate surface area is 107 Å². The van der Waals surface area contributed by atoms with Gasteiger partial charge in [0.05, 0.1) is 11.1 Å². The molecule has 2 aromatic rings. The lowest BCUT2D eigenvalue weighted by Crippen LogP contribution is -2.04. The largest absolute Gasteiger partial charge is 0.466 e. The third-order valence-electron chi connectivity index (χ3n) is 2.46. The first-order chi connectivity index (χ1) is 7.99. The standard InChI is InChI=1S/C13H10BrFO2/c1-7-5-11(8(2)17-7)13(16)10-4-3-9(14)6-12(10)15/h3-6H,1-2H3.